The van der Waals surface area contributed by atoms with Crippen molar-refractivity contribution in [1.29, 1.82) is 0 Å². The molecular formula is C62H84ClN9O19. The zero-order valence-corrected chi connectivity index (χ0v) is 53.6. The van der Waals surface area contributed by atoms with E-state index in [2.05, 4.69) is 26.6 Å². The Hall–Kier alpha value is -7.89. The number of methoxy groups -OCH3 is 2. The Morgan fingerprint density at radius 3 is 2.23 bits per heavy atom. The molecule has 5 heterocycles. The molecule has 7 rings (SSSR count). The first-order chi connectivity index (χ1) is 43.0. The summed E-state index contributed by atoms with van der Waals surface area (Å²) in [5.41, 5.74) is 2.67. The average molecular weight is 1290 g/mol. The number of nitrogens with one attached hydrogen (secondary N) is 5. The molecule has 0 spiro atoms. The van der Waals surface area contributed by atoms with E-state index in [1.165, 1.54) is 43.2 Å². The van der Waals surface area contributed by atoms with Crippen LogP contribution in [0.1, 0.15) is 91.7 Å². The van der Waals surface area contributed by atoms with E-state index >= 15 is 0 Å². The summed E-state index contributed by atoms with van der Waals surface area (Å²) in [5, 5.41) is 25.6. The van der Waals surface area contributed by atoms with Gasteiger partial charge in [-0.1, -0.05) is 70.5 Å². The summed E-state index contributed by atoms with van der Waals surface area (Å²) in [7, 11) is 4.30. The molecular weight excluding hydrogens is 1210 g/mol. The fourth-order valence-electron chi connectivity index (χ4n) is 11.3. The highest BCUT2D eigenvalue weighted by Crippen LogP contribution is 2.51. The van der Waals surface area contributed by atoms with Crippen LogP contribution in [-0.2, 0) is 79.7 Å². The maximum Gasteiger partial charge on any atom is 0.411 e. The number of epoxide rings is 1. The molecule has 29 heteroatoms. The number of esters is 1. The number of alkyl carbamates (subject to hydrolysis) is 1. The second-order valence-corrected chi connectivity index (χ2v) is 24.6. The number of primary amides is 1. The van der Waals surface area contributed by atoms with Crippen molar-refractivity contribution in [3.63, 3.8) is 0 Å². The van der Waals surface area contributed by atoms with E-state index in [0.717, 1.165) is 4.90 Å². The van der Waals surface area contributed by atoms with Crippen LogP contribution in [0.2, 0.25) is 5.02 Å². The number of imide groups is 1. The first kappa shape index (κ1) is 70.6. The molecule has 3 fully saturated rings. The van der Waals surface area contributed by atoms with Crippen LogP contribution >= 0.6 is 11.6 Å². The van der Waals surface area contributed by atoms with Gasteiger partial charge in [0.05, 0.1) is 75.8 Å². The summed E-state index contributed by atoms with van der Waals surface area (Å²) in [4.78, 5) is 135. The molecule has 10 amide bonds. The Kier molecular flexibility index (Phi) is 23.6. The summed E-state index contributed by atoms with van der Waals surface area (Å²) in [5.74, 6) is -4.95. The standard InChI is InChI=1S/C62H84ClN9O19/c1-34(2)52(68-47(73)21-24-86-26-27-87-25-23-71-48(74)19-20-49(71)75)55(78)67-40(12-11-22-65-57(64)80)54(77)66-39-15-13-37(14-16-39)33-88-59(82)72-44-17-18-45(85-10)62(83)32-43(89-58(81)69-62)36(5)53-61(7,91-53)46(90-56(79)35(3)4)30-50(76)70(8)41-28-38(31-60(44,72)6)29-42(84-9)51(41)63/h13-20,28-29,34-36,40,43-46,52-53,83H,11-12,21-27,30-33H2,1-10H3,(H,66,77)(H,67,78)(H,68,73)(H,69,81)(H3,64,65,80)/b18-17+/t36-,40+,43+,44?,45-,46+,52+,53+,60-,61?,62+,72?/m1/s1. The number of anilines is 2. The molecule has 2 unspecified atom stereocenters. The smallest absolute Gasteiger partial charge is 0.411 e. The SMILES string of the molecule is COc1cc2cc(c1Cl)N(C)C(=O)C[C@H](OC(=O)C(C)C)C1(C)O[C@H]1[C@H](C)[C@@H]1C[C@@](O)(NC(=O)O1)[C@H](OC)/C=C/C1N(C(=O)OCc3ccc(NC(=O)[C@H](CCCNC(N)=O)NC(=O)[C@@H](NC(=O)CCOCCOCCN4C(=O)C=CC4=O)C(C)C)cc3)[C@]1(C)C2. The average Bonchev–Trinajstić information content (AvgIpc) is 1.57. The third-order valence-electron chi connectivity index (χ3n) is 16.8. The molecule has 0 aromatic heterocycles. The van der Waals surface area contributed by atoms with Crippen LogP contribution in [0.3, 0.4) is 0 Å². The van der Waals surface area contributed by atoms with Gasteiger partial charge in [-0.2, -0.15) is 0 Å². The Balaban J connectivity index is 1.02. The maximum atomic E-state index is 14.4. The predicted molar refractivity (Wildman–Crippen MR) is 327 cm³/mol. The molecule has 0 aliphatic carbocycles. The molecule has 2 aromatic rings. The largest absolute Gasteiger partial charge is 0.495 e. The van der Waals surface area contributed by atoms with E-state index < -0.39 is 137 Å². The fourth-order valence-corrected chi connectivity index (χ4v) is 11.6. The minimum Gasteiger partial charge on any atom is -0.495 e. The molecule has 28 nitrogen and oxygen atoms in total. The molecule has 0 saturated carbocycles. The molecule has 91 heavy (non-hydrogen) atoms. The summed E-state index contributed by atoms with van der Waals surface area (Å²) in [6.07, 6.45) is -0.196. The van der Waals surface area contributed by atoms with Crippen LogP contribution in [0.5, 0.6) is 5.75 Å². The Bertz CT molecular complexity index is 3090. The number of halogens is 1. The molecule has 11 atom stereocenters. The van der Waals surface area contributed by atoms with Gasteiger partial charge in [-0.15, -0.1) is 0 Å². The van der Waals surface area contributed by atoms with Gasteiger partial charge in [0.25, 0.3) is 11.8 Å². The molecule has 3 saturated heterocycles. The highest BCUT2D eigenvalue weighted by atomic mass is 35.5. The number of nitrogens with zero attached hydrogens (tertiary/aromatic N) is 3. The predicted octanol–water partition coefficient (Wildman–Crippen LogP) is 3.52. The highest BCUT2D eigenvalue weighted by molar-refractivity contribution is 6.35. The summed E-state index contributed by atoms with van der Waals surface area (Å²) in [6, 6.07) is 6.10. The van der Waals surface area contributed by atoms with Gasteiger partial charge >= 0.3 is 24.2 Å². The highest BCUT2D eigenvalue weighted by Gasteiger charge is 2.65. The summed E-state index contributed by atoms with van der Waals surface area (Å²) < 4.78 is 46.4. The zero-order chi connectivity index (χ0) is 66.7. The van der Waals surface area contributed by atoms with Crippen molar-refractivity contribution >= 4 is 82.6 Å². The van der Waals surface area contributed by atoms with Crippen molar-refractivity contribution in [2.45, 2.75) is 153 Å². The van der Waals surface area contributed by atoms with Crippen LogP contribution in [0.15, 0.2) is 60.7 Å². The minimum absolute atomic E-state index is 0.000348. The number of hydrogen-bond acceptors (Lipinski definition) is 19. The Morgan fingerprint density at radius 1 is 0.912 bits per heavy atom. The van der Waals surface area contributed by atoms with Gasteiger partial charge in [0.1, 0.15) is 53.4 Å². The molecule has 498 valence electrons. The first-order valence-corrected chi connectivity index (χ1v) is 30.5. The topological polar surface area (TPSA) is 364 Å². The second kappa shape index (κ2) is 30.5. The molecule has 4 bridgehead atoms. The lowest BCUT2D eigenvalue weighted by Gasteiger charge is -2.42. The number of hydrogen-bond donors (Lipinski definition) is 7. The Labute approximate surface area is 532 Å². The third kappa shape index (κ3) is 17.6. The Morgan fingerprint density at radius 2 is 1.59 bits per heavy atom. The quantitative estimate of drug-likeness (QED) is 0.0187. The van der Waals surface area contributed by atoms with Gasteiger partial charge in [-0.3, -0.25) is 48.7 Å². The monoisotopic (exact) mass is 1290 g/mol. The molecule has 8 N–H and O–H groups in total. The van der Waals surface area contributed by atoms with Gasteiger partial charge in [0, 0.05) is 57.3 Å². The van der Waals surface area contributed by atoms with Crippen molar-refractivity contribution in [2.75, 3.05) is 71.0 Å². The zero-order valence-electron chi connectivity index (χ0n) is 52.8. The normalized spacial score (nSPS) is 26.3. The number of carbonyl (C=O) groups excluding carboxylic acids is 10. The number of urea groups is 1. The van der Waals surface area contributed by atoms with E-state index in [1.807, 2.05) is 6.92 Å². The van der Waals surface area contributed by atoms with Crippen molar-refractivity contribution in [1.82, 2.24) is 31.1 Å². The number of nitrogens with two attached hydrogens (primary N) is 1. The molecule has 0 radical (unpaired) electrons. The lowest BCUT2D eigenvalue weighted by molar-refractivity contribution is -0.157. The van der Waals surface area contributed by atoms with E-state index in [9.17, 15) is 53.1 Å². The summed E-state index contributed by atoms with van der Waals surface area (Å²) >= 11 is 6.93. The minimum atomic E-state index is -2.04. The number of ether oxygens (including phenoxy) is 8. The second-order valence-electron chi connectivity index (χ2n) is 24.2. The van der Waals surface area contributed by atoms with Crippen molar-refractivity contribution < 1.29 is 90.9 Å². The summed E-state index contributed by atoms with van der Waals surface area (Å²) in [6.45, 7) is 12.4. The van der Waals surface area contributed by atoms with Crippen LogP contribution in [0, 0.1) is 17.8 Å². The van der Waals surface area contributed by atoms with E-state index in [1.54, 1.807) is 90.1 Å². The number of carbonyl (C=O) groups is 10. The van der Waals surface area contributed by atoms with Crippen molar-refractivity contribution in [3.05, 3.63) is 76.9 Å². The van der Waals surface area contributed by atoms with Crippen LogP contribution in [-0.4, -0.2) is 195 Å². The lowest BCUT2D eigenvalue weighted by Crippen LogP contribution is -2.63. The van der Waals surface area contributed by atoms with Crippen molar-refractivity contribution in [2.24, 2.45) is 23.5 Å². The number of fused-ring (bicyclic) bond motifs is 6. The lowest BCUT2D eigenvalue weighted by atomic mass is 9.83. The van der Waals surface area contributed by atoms with E-state index in [-0.39, 0.29) is 101 Å². The third-order valence-corrected chi connectivity index (χ3v) is 17.2. The fraction of sp³-hybridized carbons (Fsp3) is 0.581. The van der Waals surface area contributed by atoms with Gasteiger partial charge in [-0.25, -0.2) is 14.4 Å². The van der Waals surface area contributed by atoms with E-state index in [0.29, 0.717) is 16.8 Å². The van der Waals surface area contributed by atoms with Gasteiger partial charge in [0.2, 0.25) is 23.6 Å². The van der Waals surface area contributed by atoms with Crippen LogP contribution < -0.4 is 42.0 Å². The number of aliphatic hydroxyl groups is 1. The van der Waals surface area contributed by atoms with Crippen LogP contribution in [0.4, 0.5) is 25.8 Å². The van der Waals surface area contributed by atoms with Gasteiger partial charge in [-0.05, 0) is 74.4 Å². The van der Waals surface area contributed by atoms with E-state index in [4.69, 9.17) is 55.2 Å². The van der Waals surface area contributed by atoms with Gasteiger partial charge < -0.3 is 74.9 Å². The number of rotatable bonds is 25. The van der Waals surface area contributed by atoms with Crippen LogP contribution in [0.25, 0.3) is 0 Å². The van der Waals surface area contributed by atoms with Gasteiger partial charge in [0.15, 0.2) is 5.72 Å². The number of benzene rings is 2. The maximum absolute atomic E-state index is 14.4. The first-order valence-electron chi connectivity index (χ1n) is 30.2. The molecule has 5 aliphatic rings. The molecule has 2 aromatic carbocycles. The molecule has 5 aliphatic heterocycles. The number of amides is 10. The van der Waals surface area contributed by atoms with Crippen molar-refractivity contribution in [3.8, 4) is 5.75 Å².